The van der Waals surface area contributed by atoms with Crippen LogP contribution in [0.25, 0.3) is 0 Å². The van der Waals surface area contributed by atoms with Gasteiger partial charge in [-0.3, -0.25) is 4.79 Å². The zero-order chi connectivity index (χ0) is 12.1. The second-order valence-corrected chi connectivity index (χ2v) is 5.11. The predicted molar refractivity (Wildman–Crippen MR) is 63.1 cm³/mol. The molecule has 1 saturated carbocycles. The van der Waals surface area contributed by atoms with Crippen LogP contribution in [-0.2, 0) is 9.53 Å². The first-order chi connectivity index (χ1) is 8.27. The second-order valence-electron chi connectivity index (χ2n) is 5.11. The van der Waals surface area contributed by atoms with Gasteiger partial charge in [0.05, 0.1) is 6.07 Å². The van der Waals surface area contributed by atoms with Gasteiger partial charge in [0.15, 0.2) is 0 Å². The van der Waals surface area contributed by atoms with Crippen molar-refractivity contribution in [1.29, 1.82) is 5.26 Å². The molecular weight excluding hydrogens is 216 g/mol. The highest BCUT2D eigenvalue weighted by Gasteiger charge is 2.40. The van der Waals surface area contributed by atoms with E-state index in [1.807, 2.05) is 0 Å². The maximum Gasteiger partial charge on any atom is 0.240 e. The first kappa shape index (κ1) is 12.4. The lowest BCUT2D eigenvalue weighted by molar-refractivity contribution is -0.130. The van der Waals surface area contributed by atoms with E-state index in [2.05, 4.69) is 11.4 Å². The second kappa shape index (κ2) is 5.50. The molecule has 2 aliphatic rings. The van der Waals surface area contributed by atoms with Crippen LogP contribution in [0.3, 0.4) is 0 Å². The molecule has 0 atom stereocenters. The Labute approximate surface area is 102 Å². The Morgan fingerprint density at radius 1 is 1.24 bits per heavy atom. The molecule has 1 amide bonds. The van der Waals surface area contributed by atoms with Crippen LogP contribution in [0.2, 0.25) is 0 Å². The molecule has 1 N–H and O–H groups in total. The van der Waals surface area contributed by atoms with Crippen LogP contribution >= 0.6 is 0 Å². The quantitative estimate of drug-likeness (QED) is 0.794. The number of nitrogens with zero attached hydrogens (tertiary/aromatic N) is 1. The minimum Gasteiger partial charge on any atom is -0.381 e. The normalized spacial score (nSPS) is 24.9. The summed E-state index contributed by atoms with van der Waals surface area (Å²) in [4.78, 5) is 12.2. The van der Waals surface area contributed by atoms with Crippen LogP contribution in [0.5, 0.6) is 0 Å². The van der Waals surface area contributed by atoms with Gasteiger partial charge < -0.3 is 10.1 Å². The molecule has 0 aromatic rings. The molecule has 1 heterocycles. The standard InChI is InChI=1S/C13H20N2O2/c14-10-13(6-2-1-3-7-13)12(16)15-11-4-8-17-9-5-11/h11H,1-9H2,(H,15,16). The summed E-state index contributed by atoms with van der Waals surface area (Å²) in [5.74, 6) is -0.0494. The summed E-state index contributed by atoms with van der Waals surface area (Å²) in [6.07, 6.45) is 6.31. The average molecular weight is 236 g/mol. The summed E-state index contributed by atoms with van der Waals surface area (Å²) in [6.45, 7) is 1.43. The van der Waals surface area contributed by atoms with Crippen LogP contribution in [0.4, 0.5) is 0 Å². The van der Waals surface area contributed by atoms with Crippen molar-refractivity contribution in [2.45, 2.75) is 51.0 Å². The average Bonchev–Trinajstić information content (AvgIpc) is 2.40. The summed E-state index contributed by atoms with van der Waals surface area (Å²) in [7, 11) is 0. The minimum absolute atomic E-state index is 0.0494. The molecule has 0 spiro atoms. The Balaban J connectivity index is 1.94. The van der Waals surface area contributed by atoms with Crippen molar-refractivity contribution >= 4 is 5.91 Å². The number of rotatable bonds is 2. The van der Waals surface area contributed by atoms with Crippen molar-refractivity contribution in [3.8, 4) is 6.07 Å². The fraction of sp³-hybridized carbons (Fsp3) is 0.846. The van der Waals surface area contributed by atoms with Crippen LogP contribution in [0, 0.1) is 16.7 Å². The number of hydrogen-bond acceptors (Lipinski definition) is 3. The van der Waals surface area contributed by atoms with Crippen LogP contribution in [0.15, 0.2) is 0 Å². The number of ether oxygens (including phenoxy) is 1. The summed E-state index contributed by atoms with van der Waals surface area (Å²) in [5, 5.41) is 12.3. The first-order valence-corrected chi connectivity index (χ1v) is 6.57. The molecule has 1 aliphatic heterocycles. The lowest BCUT2D eigenvalue weighted by Crippen LogP contribution is -2.47. The van der Waals surface area contributed by atoms with E-state index in [9.17, 15) is 10.1 Å². The highest BCUT2D eigenvalue weighted by molar-refractivity contribution is 5.85. The van der Waals surface area contributed by atoms with Gasteiger partial charge in [0.2, 0.25) is 5.91 Å². The summed E-state index contributed by atoms with van der Waals surface area (Å²) < 4.78 is 5.26. The fourth-order valence-corrected chi connectivity index (χ4v) is 2.71. The molecular formula is C13H20N2O2. The third kappa shape index (κ3) is 2.78. The van der Waals surface area contributed by atoms with Gasteiger partial charge in [-0.25, -0.2) is 0 Å². The Morgan fingerprint density at radius 3 is 2.47 bits per heavy atom. The molecule has 0 aromatic carbocycles. The molecule has 4 nitrogen and oxygen atoms in total. The number of hydrogen-bond donors (Lipinski definition) is 1. The van der Waals surface area contributed by atoms with Gasteiger partial charge in [-0.05, 0) is 25.7 Å². The molecule has 0 unspecified atom stereocenters. The van der Waals surface area contributed by atoms with Gasteiger partial charge in [0, 0.05) is 19.3 Å². The maximum atomic E-state index is 12.2. The molecule has 0 radical (unpaired) electrons. The Kier molecular flexibility index (Phi) is 4.01. The first-order valence-electron chi connectivity index (χ1n) is 6.57. The Hall–Kier alpha value is -1.08. The molecule has 2 fully saturated rings. The molecule has 2 rings (SSSR count). The van der Waals surface area contributed by atoms with Gasteiger partial charge >= 0.3 is 0 Å². The maximum absolute atomic E-state index is 12.2. The number of nitriles is 1. The SMILES string of the molecule is N#CC1(C(=O)NC2CCOCC2)CCCCC1. The van der Waals surface area contributed by atoms with Gasteiger partial charge in [-0.2, -0.15) is 5.26 Å². The van der Waals surface area contributed by atoms with Crippen LogP contribution in [-0.4, -0.2) is 25.2 Å². The topological polar surface area (TPSA) is 62.1 Å². The van der Waals surface area contributed by atoms with E-state index < -0.39 is 5.41 Å². The molecule has 94 valence electrons. The van der Waals surface area contributed by atoms with Crippen LogP contribution in [0.1, 0.15) is 44.9 Å². The molecule has 1 aliphatic carbocycles. The van der Waals surface area contributed by atoms with Gasteiger partial charge in [0.1, 0.15) is 5.41 Å². The van der Waals surface area contributed by atoms with Gasteiger partial charge in [-0.1, -0.05) is 19.3 Å². The van der Waals surface area contributed by atoms with Crippen LogP contribution < -0.4 is 5.32 Å². The monoisotopic (exact) mass is 236 g/mol. The Bertz CT molecular complexity index is 310. The van der Waals surface area contributed by atoms with Crippen molar-refractivity contribution in [3.05, 3.63) is 0 Å². The number of amides is 1. The zero-order valence-corrected chi connectivity index (χ0v) is 10.2. The largest absolute Gasteiger partial charge is 0.381 e. The van der Waals surface area contributed by atoms with Crippen molar-refractivity contribution < 1.29 is 9.53 Å². The lowest BCUT2D eigenvalue weighted by Gasteiger charge is -2.32. The smallest absolute Gasteiger partial charge is 0.240 e. The highest BCUT2D eigenvalue weighted by Crippen LogP contribution is 2.36. The minimum atomic E-state index is -0.753. The highest BCUT2D eigenvalue weighted by atomic mass is 16.5. The predicted octanol–water partition coefficient (Wildman–Crippen LogP) is 1.76. The zero-order valence-electron chi connectivity index (χ0n) is 10.2. The fourth-order valence-electron chi connectivity index (χ4n) is 2.71. The van der Waals surface area contributed by atoms with Crippen molar-refractivity contribution in [3.63, 3.8) is 0 Å². The van der Waals surface area contributed by atoms with Gasteiger partial charge in [0.25, 0.3) is 0 Å². The summed E-state index contributed by atoms with van der Waals surface area (Å²) in [6, 6.07) is 2.46. The van der Waals surface area contributed by atoms with E-state index in [1.165, 1.54) is 0 Å². The molecule has 0 bridgehead atoms. The molecule has 17 heavy (non-hydrogen) atoms. The van der Waals surface area contributed by atoms with E-state index in [0.717, 1.165) is 44.9 Å². The lowest BCUT2D eigenvalue weighted by atomic mass is 9.74. The van der Waals surface area contributed by atoms with Crippen molar-refractivity contribution in [2.75, 3.05) is 13.2 Å². The van der Waals surface area contributed by atoms with E-state index in [-0.39, 0.29) is 11.9 Å². The molecule has 1 saturated heterocycles. The van der Waals surface area contributed by atoms with E-state index in [4.69, 9.17) is 4.74 Å². The van der Waals surface area contributed by atoms with Crippen molar-refractivity contribution in [1.82, 2.24) is 5.32 Å². The number of carbonyl (C=O) groups excluding carboxylic acids is 1. The van der Waals surface area contributed by atoms with Crippen molar-refractivity contribution in [2.24, 2.45) is 5.41 Å². The molecule has 0 aromatic heterocycles. The summed E-state index contributed by atoms with van der Waals surface area (Å²) >= 11 is 0. The third-order valence-electron chi connectivity index (χ3n) is 3.91. The Morgan fingerprint density at radius 2 is 1.88 bits per heavy atom. The third-order valence-corrected chi connectivity index (χ3v) is 3.91. The number of nitrogens with one attached hydrogen (secondary N) is 1. The number of carbonyl (C=O) groups is 1. The van der Waals surface area contributed by atoms with E-state index >= 15 is 0 Å². The molecule has 4 heteroatoms. The van der Waals surface area contributed by atoms with E-state index in [0.29, 0.717) is 13.2 Å². The summed E-state index contributed by atoms with van der Waals surface area (Å²) in [5.41, 5.74) is -0.753. The van der Waals surface area contributed by atoms with Gasteiger partial charge in [-0.15, -0.1) is 0 Å². The van der Waals surface area contributed by atoms with E-state index in [1.54, 1.807) is 0 Å².